The monoisotopic (exact) mass is 325 g/mol. The van der Waals surface area contributed by atoms with Gasteiger partial charge in [0.15, 0.2) is 0 Å². The summed E-state index contributed by atoms with van der Waals surface area (Å²) in [4.78, 5) is 29.5. The number of aryl methyl sites for hydroxylation is 1. The Balaban J connectivity index is 1.85. The van der Waals surface area contributed by atoms with Crippen molar-refractivity contribution in [2.45, 2.75) is 39.3 Å². The van der Waals surface area contributed by atoms with Gasteiger partial charge in [0.2, 0.25) is 0 Å². The van der Waals surface area contributed by atoms with E-state index in [2.05, 4.69) is 10.3 Å². The number of halogens is 1. The highest BCUT2D eigenvalue weighted by molar-refractivity contribution is 6.32. The predicted molar refractivity (Wildman–Crippen MR) is 83.0 cm³/mol. The molecule has 0 atom stereocenters. The highest BCUT2D eigenvalue weighted by atomic mass is 35.5. The van der Waals surface area contributed by atoms with Crippen LogP contribution in [0, 0.1) is 6.92 Å². The lowest BCUT2D eigenvalue weighted by Gasteiger charge is -2.39. The van der Waals surface area contributed by atoms with Crippen LogP contribution in [-0.2, 0) is 4.74 Å². The first-order valence-corrected chi connectivity index (χ1v) is 7.45. The fourth-order valence-corrected chi connectivity index (χ4v) is 2.29. The molecule has 1 aromatic rings. The van der Waals surface area contributed by atoms with Gasteiger partial charge in [-0.2, -0.15) is 0 Å². The van der Waals surface area contributed by atoms with Crippen LogP contribution in [0.25, 0.3) is 0 Å². The second-order valence-corrected chi connectivity index (χ2v) is 6.70. The van der Waals surface area contributed by atoms with Crippen molar-refractivity contribution in [2.75, 3.05) is 13.1 Å². The minimum atomic E-state index is -0.521. The first-order valence-electron chi connectivity index (χ1n) is 7.07. The van der Waals surface area contributed by atoms with E-state index in [-0.39, 0.29) is 23.2 Å². The van der Waals surface area contributed by atoms with Crippen molar-refractivity contribution in [3.8, 4) is 0 Å². The highest BCUT2D eigenvalue weighted by Crippen LogP contribution is 2.17. The van der Waals surface area contributed by atoms with E-state index in [0.717, 1.165) is 5.69 Å². The van der Waals surface area contributed by atoms with Crippen LogP contribution in [0.5, 0.6) is 0 Å². The van der Waals surface area contributed by atoms with Gasteiger partial charge in [-0.05, 0) is 39.8 Å². The fraction of sp³-hybridized carbons (Fsp3) is 0.533. The number of ether oxygens (including phenoxy) is 1. The van der Waals surface area contributed by atoms with Crippen LogP contribution < -0.4 is 5.32 Å². The number of hydrogen-bond acceptors (Lipinski definition) is 4. The van der Waals surface area contributed by atoms with Gasteiger partial charge < -0.3 is 15.0 Å². The third kappa shape index (κ3) is 4.10. The quantitative estimate of drug-likeness (QED) is 0.847. The Bertz CT molecular complexity index is 592. The van der Waals surface area contributed by atoms with E-state index < -0.39 is 5.60 Å². The van der Waals surface area contributed by atoms with Gasteiger partial charge in [-0.25, -0.2) is 9.78 Å². The number of pyridine rings is 1. The molecule has 2 amide bonds. The topological polar surface area (TPSA) is 71.5 Å². The van der Waals surface area contributed by atoms with Crippen LogP contribution in [0.4, 0.5) is 4.79 Å². The molecule has 1 aliphatic heterocycles. The molecule has 120 valence electrons. The summed E-state index contributed by atoms with van der Waals surface area (Å²) >= 11 is 5.96. The molecule has 1 N–H and O–H groups in total. The maximum atomic E-state index is 12.1. The largest absolute Gasteiger partial charge is 0.444 e. The minimum absolute atomic E-state index is 0.0996. The summed E-state index contributed by atoms with van der Waals surface area (Å²) in [5.41, 5.74) is 0.566. The number of carbonyl (C=O) groups is 2. The summed E-state index contributed by atoms with van der Waals surface area (Å²) < 4.78 is 5.26. The molecule has 1 aliphatic rings. The number of aromatic nitrogens is 1. The molecule has 1 saturated heterocycles. The van der Waals surface area contributed by atoms with Crippen LogP contribution in [0.15, 0.2) is 12.1 Å². The lowest BCUT2D eigenvalue weighted by Crippen LogP contribution is -2.61. The average molecular weight is 326 g/mol. The van der Waals surface area contributed by atoms with Gasteiger partial charge in [0, 0.05) is 18.8 Å². The number of nitrogens with one attached hydrogen (secondary N) is 1. The van der Waals surface area contributed by atoms with E-state index in [1.165, 1.54) is 0 Å². The van der Waals surface area contributed by atoms with E-state index in [0.29, 0.717) is 18.7 Å². The van der Waals surface area contributed by atoms with Crippen molar-refractivity contribution >= 4 is 23.6 Å². The standard InChI is InChI=1S/C15H20ClN3O3/c1-9-5-6-11(12(16)17-9)13(20)18-10-7-19(8-10)14(21)22-15(2,3)4/h5-6,10H,7-8H2,1-4H3,(H,18,20). The summed E-state index contributed by atoms with van der Waals surface area (Å²) in [5.74, 6) is -0.286. The molecule has 2 heterocycles. The zero-order valence-electron chi connectivity index (χ0n) is 13.1. The molecule has 0 spiro atoms. The van der Waals surface area contributed by atoms with Crippen molar-refractivity contribution in [1.82, 2.24) is 15.2 Å². The Hall–Kier alpha value is -1.82. The van der Waals surface area contributed by atoms with E-state index in [1.54, 1.807) is 24.0 Å². The van der Waals surface area contributed by atoms with Crippen LogP contribution in [-0.4, -0.2) is 46.6 Å². The van der Waals surface area contributed by atoms with Gasteiger partial charge in [0.1, 0.15) is 10.8 Å². The van der Waals surface area contributed by atoms with E-state index in [1.807, 2.05) is 20.8 Å². The molecule has 0 aromatic carbocycles. The molecule has 1 fully saturated rings. The highest BCUT2D eigenvalue weighted by Gasteiger charge is 2.34. The average Bonchev–Trinajstić information content (AvgIpc) is 2.30. The smallest absolute Gasteiger partial charge is 0.410 e. The lowest BCUT2D eigenvalue weighted by molar-refractivity contribution is 0.00533. The van der Waals surface area contributed by atoms with Crippen molar-refractivity contribution < 1.29 is 14.3 Å². The van der Waals surface area contributed by atoms with Gasteiger partial charge in [-0.3, -0.25) is 4.79 Å². The van der Waals surface area contributed by atoms with Crippen LogP contribution in [0.2, 0.25) is 5.15 Å². The number of hydrogen-bond donors (Lipinski definition) is 1. The zero-order chi connectivity index (χ0) is 16.5. The fourth-order valence-electron chi connectivity index (χ4n) is 2.00. The Kier molecular flexibility index (Phi) is 4.60. The van der Waals surface area contributed by atoms with Gasteiger partial charge in [0.05, 0.1) is 11.6 Å². The molecule has 0 aliphatic carbocycles. The maximum absolute atomic E-state index is 12.1. The second kappa shape index (κ2) is 6.12. The molecule has 1 aromatic heterocycles. The number of carbonyl (C=O) groups excluding carboxylic acids is 2. The molecular weight excluding hydrogens is 306 g/mol. The first-order chi connectivity index (χ1) is 10.2. The summed E-state index contributed by atoms with van der Waals surface area (Å²) in [6, 6.07) is 3.27. The first kappa shape index (κ1) is 16.5. The predicted octanol–water partition coefficient (Wildman–Crippen LogP) is 2.39. The Labute approximate surface area is 134 Å². The third-order valence-electron chi connectivity index (χ3n) is 3.10. The van der Waals surface area contributed by atoms with E-state index >= 15 is 0 Å². The van der Waals surface area contributed by atoms with E-state index in [4.69, 9.17) is 16.3 Å². The summed E-state index contributed by atoms with van der Waals surface area (Å²) in [5, 5.41) is 3.01. The molecule has 22 heavy (non-hydrogen) atoms. The van der Waals surface area contributed by atoms with E-state index in [9.17, 15) is 9.59 Å². The Morgan fingerprint density at radius 1 is 1.36 bits per heavy atom. The minimum Gasteiger partial charge on any atom is -0.444 e. The van der Waals surface area contributed by atoms with Gasteiger partial charge in [-0.15, -0.1) is 0 Å². The molecule has 0 unspecified atom stereocenters. The van der Waals surface area contributed by atoms with Crippen molar-refractivity contribution in [2.24, 2.45) is 0 Å². The van der Waals surface area contributed by atoms with Crippen LogP contribution in [0.3, 0.4) is 0 Å². The lowest BCUT2D eigenvalue weighted by atomic mass is 10.1. The van der Waals surface area contributed by atoms with Gasteiger partial charge in [-0.1, -0.05) is 11.6 Å². The Morgan fingerprint density at radius 3 is 2.55 bits per heavy atom. The summed E-state index contributed by atoms with van der Waals surface area (Å²) in [6.45, 7) is 8.11. The Morgan fingerprint density at radius 2 is 2.00 bits per heavy atom. The molecule has 0 bridgehead atoms. The number of nitrogens with zero attached hydrogens (tertiary/aromatic N) is 2. The number of amides is 2. The van der Waals surface area contributed by atoms with Crippen LogP contribution in [0.1, 0.15) is 36.8 Å². The molecule has 0 saturated carbocycles. The SMILES string of the molecule is Cc1ccc(C(=O)NC2CN(C(=O)OC(C)(C)C)C2)c(Cl)n1. The van der Waals surface area contributed by atoms with Crippen molar-refractivity contribution in [3.05, 3.63) is 28.5 Å². The normalized spacial score (nSPS) is 15.2. The molecule has 2 rings (SSSR count). The van der Waals surface area contributed by atoms with Gasteiger partial charge >= 0.3 is 6.09 Å². The summed E-state index contributed by atoms with van der Waals surface area (Å²) in [7, 11) is 0. The number of rotatable bonds is 2. The molecule has 7 heteroatoms. The molecule has 0 radical (unpaired) electrons. The van der Waals surface area contributed by atoms with Crippen molar-refractivity contribution in [1.29, 1.82) is 0 Å². The zero-order valence-corrected chi connectivity index (χ0v) is 13.9. The van der Waals surface area contributed by atoms with Gasteiger partial charge in [0.25, 0.3) is 5.91 Å². The molecular formula is C15H20ClN3O3. The maximum Gasteiger partial charge on any atom is 0.410 e. The second-order valence-electron chi connectivity index (χ2n) is 6.35. The third-order valence-corrected chi connectivity index (χ3v) is 3.39. The van der Waals surface area contributed by atoms with Crippen LogP contribution >= 0.6 is 11.6 Å². The summed E-state index contributed by atoms with van der Waals surface area (Å²) in [6.07, 6.45) is -0.368. The van der Waals surface area contributed by atoms with Crippen molar-refractivity contribution in [3.63, 3.8) is 0 Å². The number of likely N-dealkylation sites (tertiary alicyclic amines) is 1. The molecule has 6 nitrogen and oxygen atoms in total.